The summed E-state index contributed by atoms with van der Waals surface area (Å²) in [6.07, 6.45) is -1.79. The predicted octanol–water partition coefficient (Wildman–Crippen LogP) is 2.41. The van der Waals surface area contributed by atoms with Crippen molar-refractivity contribution in [1.29, 1.82) is 0 Å². The van der Waals surface area contributed by atoms with E-state index >= 15 is 0 Å². The molecule has 3 rings (SSSR count). The number of benzene rings is 1. The normalized spacial score (nSPS) is 10.9. The molecule has 0 atom stereocenters. The maximum Gasteiger partial charge on any atom is 0.490 e. The molecule has 0 aliphatic heterocycles. The number of nitrogens with zero attached hydrogens (tertiary/aromatic N) is 4. The molecule has 12 heteroatoms. The Morgan fingerprint density at radius 1 is 1.10 bits per heavy atom. The van der Waals surface area contributed by atoms with Crippen molar-refractivity contribution in [2.45, 2.75) is 20.0 Å². The number of halogens is 3. The van der Waals surface area contributed by atoms with Crippen LogP contribution in [0.4, 0.5) is 18.9 Å². The molecular formula is C19H20F3N5O4. The van der Waals surface area contributed by atoms with Gasteiger partial charge in [0, 0.05) is 37.4 Å². The Morgan fingerprint density at radius 3 is 2.03 bits per heavy atom. The first-order valence-corrected chi connectivity index (χ1v) is 8.77. The van der Waals surface area contributed by atoms with Gasteiger partial charge in [0.1, 0.15) is 5.69 Å². The molecule has 0 unspecified atom stereocenters. The van der Waals surface area contributed by atoms with Gasteiger partial charge in [-0.15, -0.1) is 0 Å². The first-order chi connectivity index (χ1) is 14.3. The zero-order valence-electron chi connectivity index (χ0n) is 17.1. The fraction of sp³-hybridized carbons (Fsp3) is 0.263. The van der Waals surface area contributed by atoms with Gasteiger partial charge in [-0.2, -0.15) is 13.2 Å². The van der Waals surface area contributed by atoms with E-state index in [9.17, 15) is 22.8 Å². The number of nitrogens with one attached hydrogen (secondary N) is 1. The number of carboxylic acids is 1. The third-order valence-electron chi connectivity index (χ3n) is 4.40. The number of carboxylic acid groups (broad SMARTS) is 1. The molecule has 2 heterocycles. The molecule has 0 bridgehead atoms. The van der Waals surface area contributed by atoms with Crippen LogP contribution in [0, 0.1) is 13.8 Å². The third-order valence-corrected chi connectivity index (χ3v) is 4.40. The van der Waals surface area contributed by atoms with Crippen LogP contribution in [-0.2, 0) is 18.9 Å². The van der Waals surface area contributed by atoms with Crippen LogP contribution in [0.1, 0.15) is 21.9 Å². The predicted molar refractivity (Wildman–Crippen MR) is 105 cm³/mol. The lowest BCUT2D eigenvalue weighted by Gasteiger charge is -2.08. The number of rotatable bonds is 3. The van der Waals surface area contributed by atoms with Crippen LogP contribution in [0.2, 0.25) is 0 Å². The van der Waals surface area contributed by atoms with Crippen molar-refractivity contribution >= 4 is 17.6 Å². The Balaban J connectivity index is 0.000000423. The molecule has 2 aromatic heterocycles. The number of hydrogen-bond donors (Lipinski definition) is 2. The van der Waals surface area contributed by atoms with E-state index in [-0.39, 0.29) is 11.6 Å². The number of carbonyl (C=O) groups is 2. The Labute approximate surface area is 174 Å². The SMILES string of the molecule is Cc1ncn(-c2ccc(NC(=O)c3cn(C)c(=O)n3C)cc2)c1C.O=C(O)C(F)(F)F. The lowest BCUT2D eigenvalue weighted by Crippen LogP contribution is -2.23. The Hall–Kier alpha value is -3.83. The molecule has 0 fully saturated rings. The Kier molecular flexibility index (Phi) is 6.73. The number of aliphatic carboxylic acids is 1. The van der Waals surface area contributed by atoms with Gasteiger partial charge >= 0.3 is 17.8 Å². The van der Waals surface area contributed by atoms with Crippen LogP contribution in [-0.4, -0.2) is 41.8 Å². The summed E-state index contributed by atoms with van der Waals surface area (Å²) in [5.74, 6) is -3.08. The second-order valence-corrected chi connectivity index (χ2v) is 6.56. The Bertz CT molecular complexity index is 1160. The lowest BCUT2D eigenvalue weighted by atomic mass is 10.2. The van der Waals surface area contributed by atoms with Crippen molar-refractivity contribution in [3.8, 4) is 5.69 Å². The summed E-state index contributed by atoms with van der Waals surface area (Å²) in [5.41, 5.74) is 3.77. The minimum absolute atomic E-state index is 0.235. The Morgan fingerprint density at radius 2 is 1.65 bits per heavy atom. The number of amides is 1. The highest BCUT2D eigenvalue weighted by molar-refractivity contribution is 6.03. The average molecular weight is 439 g/mol. The lowest BCUT2D eigenvalue weighted by molar-refractivity contribution is -0.192. The minimum atomic E-state index is -5.08. The van der Waals surface area contributed by atoms with Gasteiger partial charge in [0.25, 0.3) is 5.91 Å². The van der Waals surface area contributed by atoms with Gasteiger partial charge in [0.15, 0.2) is 0 Å². The van der Waals surface area contributed by atoms with Crippen molar-refractivity contribution in [1.82, 2.24) is 18.7 Å². The van der Waals surface area contributed by atoms with E-state index in [0.29, 0.717) is 11.4 Å². The third kappa shape index (κ3) is 5.41. The van der Waals surface area contributed by atoms with Crippen molar-refractivity contribution in [2.75, 3.05) is 5.32 Å². The molecule has 0 spiro atoms. The van der Waals surface area contributed by atoms with Gasteiger partial charge in [-0.1, -0.05) is 0 Å². The number of aryl methyl sites for hydroxylation is 2. The number of imidazole rings is 2. The van der Waals surface area contributed by atoms with Gasteiger partial charge in [-0.25, -0.2) is 14.6 Å². The molecule has 9 nitrogen and oxygen atoms in total. The number of anilines is 1. The van der Waals surface area contributed by atoms with Crippen LogP contribution in [0.5, 0.6) is 0 Å². The standard InChI is InChI=1S/C17H19N5O2.C2HF3O2/c1-11-12(2)22(10-18-11)14-7-5-13(6-8-14)19-16(23)15-9-20(3)17(24)21(15)4;3-2(4,5)1(6)7/h5-10H,1-4H3,(H,19,23);(H,6,7). The van der Waals surface area contributed by atoms with E-state index in [4.69, 9.17) is 9.90 Å². The van der Waals surface area contributed by atoms with Crippen LogP contribution < -0.4 is 11.0 Å². The van der Waals surface area contributed by atoms with E-state index in [2.05, 4.69) is 10.3 Å². The molecule has 166 valence electrons. The van der Waals surface area contributed by atoms with Crippen molar-refractivity contribution in [3.05, 3.63) is 64.4 Å². The van der Waals surface area contributed by atoms with Gasteiger partial charge < -0.3 is 19.6 Å². The molecule has 0 saturated heterocycles. The largest absolute Gasteiger partial charge is 0.490 e. The van der Waals surface area contributed by atoms with Crippen molar-refractivity contribution in [3.63, 3.8) is 0 Å². The van der Waals surface area contributed by atoms with E-state index < -0.39 is 12.1 Å². The zero-order chi connectivity index (χ0) is 23.5. The summed E-state index contributed by atoms with van der Waals surface area (Å²) in [5, 5.41) is 9.93. The molecule has 1 amide bonds. The second kappa shape index (κ2) is 8.90. The van der Waals surface area contributed by atoms with Gasteiger partial charge in [0.05, 0.1) is 12.0 Å². The highest BCUT2D eigenvalue weighted by Gasteiger charge is 2.38. The topological polar surface area (TPSA) is 111 Å². The van der Waals surface area contributed by atoms with Crippen LogP contribution in [0.3, 0.4) is 0 Å². The van der Waals surface area contributed by atoms with Crippen LogP contribution in [0.15, 0.2) is 41.6 Å². The van der Waals surface area contributed by atoms with Gasteiger partial charge in [-0.05, 0) is 38.1 Å². The summed E-state index contributed by atoms with van der Waals surface area (Å²) < 4.78 is 36.4. The van der Waals surface area contributed by atoms with Crippen molar-refractivity contribution in [2.24, 2.45) is 14.1 Å². The maximum atomic E-state index is 12.3. The molecule has 2 N–H and O–H groups in total. The molecule has 1 aromatic carbocycles. The number of hydrogen-bond acceptors (Lipinski definition) is 4. The quantitative estimate of drug-likeness (QED) is 0.651. The molecule has 0 aliphatic rings. The summed E-state index contributed by atoms with van der Waals surface area (Å²) in [4.78, 5) is 37.2. The van der Waals surface area contributed by atoms with Crippen LogP contribution in [0.25, 0.3) is 5.69 Å². The molecule has 0 saturated carbocycles. The molecular weight excluding hydrogens is 419 g/mol. The van der Waals surface area contributed by atoms with E-state index in [1.54, 1.807) is 20.4 Å². The molecule has 0 radical (unpaired) electrons. The molecule has 31 heavy (non-hydrogen) atoms. The highest BCUT2D eigenvalue weighted by atomic mass is 19.4. The van der Waals surface area contributed by atoms with Gasteiger partial charge in [-0.3, -0.25) is 9.36 Å². The first kappa shape index (κ1) is 23.4. The van der Waals surface area contributed by atoms with Gasteiger partial charge in [0.2, 0.25) is 0 Å². The fourth-order valence-corrected chi connectivity index (χ4v) is 2.54. The smallest absolute Gasteiger partial charge is 0.475 e. The van der Waals surface area contributed by atoms with E-state index in [1.807, 2.05) is 42.7 Å². The van der Waals surface area contributed by atoms with Crippen molar-refractivity contribution < 1.29 is 27.9 Å². The van der Waals surface area contributed by atoms with Crippen LogP contribution >= 0.6 is 0 Å². The first-order valence-electron chi connectivity index (χ1n) is 8.77. The summed E-state index contributed by atoms with van der Waals surface area (Å²) in [6, 6.07) is 7.47. The van der Waals surface area contributed by atoms with E-state index in [0.717, 1.165) is 17.1 Å². The zero-order valence-corrected chi connectivity index (χ0v) is 17.1. The monoisotopic (exact) mass is 439 g/mol. The fourth-order valence-electron chi connectivity index (χ4n) is 2.54. The molecule has 0 aliphatic carbocycles. The number of carbonyl (C=O) groups excluding carboxylic acids is 1. The maximum absolute atomic E-state index is 12.3. The number of alkyl halides is 3. The average Bonchev–Trinajstić information content (AvgIpc) is 3.16. The summed E-state index contributed by atoms with van der Waals surface area (Å²) in [7, 11) is 3.19. The second-order valence-electron chi connectivity index (χ2n) is 6.56. The number of aromatic nitrogens is 4. The minimum Gasteiger partial charge on any atom is -0.475 e. The highest BCUT2D eigenvalue weighted by Crippen LogP contribution is 2.17. The summed E-state index contributed by atoms with van der Waals surface area (Å²) >= 11 is 0. The molecule has 3 aromatic rings. The summed E-state index contributed by atoms with van der Waals surface area (Å²) in [6.45, 7) is 3.97. The van der Waals surface area contributed by atoms with E-state index in [1.165, 1.54) is 15.3 Å².